The van der Waals surface area contributed by atoms with Crippen LogP contribution >= 0.6 is 0 Å². The van der Waals surface area contributed by atoms with Crippen molar-refractivity contribution < 1.29 is 97.3 Å². The summed E-state index contributed by atoms with van der Waals surface area (Å²) in [6.07, 6.45) is -1.17. The van der Waals surface area contributed by atoms with Crippen LogP contribution in [0.3, 0.4) is 0 Å². The summed E-state index contributed by atoms with van der Waals surface area (Å²) in [6.45, 7) is -1.29. The van der Waals surface area contributed by atoms with Crippen molar-refractivity contribution in [2.24, 2.45) is 23.7 Å². The number of ether oxygens (including phenoxy) is 1. The lowest BCUT2D eigenvalue weighted by Gasteiger charge is -2.44. The lowest BCUT2D eigenvalue weighted by molar-refractivity contribution is -0.465. The van der Waals surface area contributed by atoms with E-state index in [2.05, 4.69) is 4.74 Å². The highest BCUT2D eigenvalue weighted by Crippen LogP contribution is 2.65. The minimum atomic E-state index is -9.07. The van der Waals surface area contributed by atoms with E-state index in [9.17, 15) is 92.6 Å². The standard InChI is InChI=1S/C26H28F20O2/c1-2-12-3-5-13(6-4-12)14-7-9-15(10-8-14)16(47)48-11-18(29,30)20(33,34)22(37,38)24(41,42)26(45,46)25(43,44)23(39,40)21(35,36)19(31,32)17(27)28/h12-15,17H,2-11H2,1H3/t12-,13-,14-,15-. The number of halogens is 20. The van der Waals surface area contributed by atoms with Crippen LogP contribution in [0, 0.1) is 23.7 Å². The zero-order chi connectivity index (χ0) is 37.7. The first-order valence-electron chi connectivity index (χ1n) is 14.2. The molecule has 22 heteroatoms. The van der Waals surface area contributed by atoms with Crippen LogP contribution in [0.25, 0.3) is 0 Å². The van der Waals surface area contributed by atoms with E-state index in [0.29, 0.717) is 18.8 Å². The molecule has 0 heterocycles. The van der Waals surface area contributed by atoms with E-state index < -0.39 is 78.2 Å². The number of carbonyl (C=O) groups excluding carboxylic acids is 1. The SMILES string of the molecule is CC[C@H]1CC[C@H]([C@H]2CC[C@H](C(=O)OCC(F)(F)C(F)(F)C(F)(F)C(F)(F)C(F)(F)C(F)(F)C(F)(F)C(F)(F)C(F)(F)C(F)F)CC2)CC1. The molecule has 0 unspecified atom stereocenters. The molecule has 0 bridgehead atoms. The summed E-state index contributed by atoms with van der Waals surface area (Å²) in [4.78, 5) is 12.2. The van der Waals surface area contributed by atoms with Crippen molar-refractivity contribution in [2.75, 3.05) is 6.61 Å². The molecule has 0 aliphatic heterocycles. The second-order valence-corrected chi connectivity index (χ2v) is 12.1. The van der Waals surface area contributed by atoms with Gasteiger partial charge in [0.1, 0.15) is 0 Å². The zero-order valence-corrected chi connectivity index (χ0v) is 24.3. The summed E-state index contributed by atoms with van der Waals surface area (Å²) in [7, 11) is 0. The van der Waals surface area contributed by atoms with Crippen molar-refractivity contribution >= 4 is 5.97 Å². The third-order valence-electron chi connectivity index (χ3n) is 9.15. The highest BCUT2D eigenvalue weighted by molar-refractivity contribution is 5.72. The Kier molecular flexibility index (Phi) is 11.7. The van der Waals surface area contributed by atoms with E-state index in [4.69, 9.17) is 0 Å². The monoisotopic (exact) mass is 752 g/mol. The Morgan fingerprint density at radius 2 is 0.875 bits per heavy atom. The van der Waals surface area contributed by atoms with Crippen LogP contribution < -0.4 is 0 Å². The molecular weight excluding hydrogens is 724 g/mol. The van der Waals surface area contributed by atoms with Crippen molar-refractivity contribution in [3.63, 3.8) is 0 Å². The molecule has 2 saturated carbocycles. The summed E-state index contributed by atoms with van der Waals surface area (Å²) in [5, 5.41) is 0. The summed E-state index contributed by atoms with van der Waals surface area (Å²) >= 11 is 0. The molecule has 284 valence electrons. The van der Waals surface area contributed by atoms with Crippen LogP contribution in [-0.2, 0) is 9.53 Å². The summed E-state index contributed by atoms with van der Waals surface area (Å²) in [5.41, 5.74) is 0. The molecule has 48 heavy (non-hydrogen) atoms. The van der Waals surface area contributed by atoms with Gasteiger partial charge in [-0.25, -0.2) is 8.78 Å². The van der Waals surface area contributed by atoms with E-state index in [0.717, 1.165) is 32.1 Å². The van der Waals surface area contributed by atoms with Gasteiger partial charge in [-0.15, -0.1) is 0 Å². The van der Waals surface area contributed by atoms with Gasteiger partial charge in [0.25, 0.3) is 0 Å². The maximum Gasteiger partial charge on any atom is 0.385 e. The number of alkyl halides is 20. The first-order chi connectivity index (χ1) is 21.3. The van der Waals surface area contributed by atoms with Crippen molar-refractivity contribution in [3.05, 3.63) is 0 Å². The molecule has 0 N–H and O–H groups in total. The number of carbonyl (C=O) groups is 1. The molecule has 0 amide bonds. The molecule has 0 atom stereocenters. The Hall–Kier alpha value is -1.93. The second-order valence-electron chi connectivity index (χ2n) is 12.1. The van der Waals surface area contributed by atoms with Gasteiger partial charge in [-0.1, -0.05) is 26.2 Å². The van der Waals surface area contributed by atoms with Crippen molar-refractivity contribution in [2.45, 2.75) is 124 Å². The molecule has 0 spiro atoms. The van der Waals surface area contributed by atoms with Gasteiger partial charge >= 0.3 is 65.7 Å². The largest absolute Gasteiger partial charge is 0.459 e. The van der Waals surface area contributed by atoms with Crippen molar-refractivity contribution in [1.29, 1.82) is 0 Å². The summed E-state index contributed by atoms with van der Waals surface area (Å²) in [6, 6.07) is 0. The first kappa shape index (κ1) is 42.2. The number of hydrogen-bond acceptors (Lipinski definition) is 2. The van der Waals surface area contributed by atoms with Crippen LogP contribution in [0.15, 0.2) is 0 Å². The molecule has 2 nitrogen and oxygen atoms in total. The molecule has 0 aromatic heterocycles. The number of esters is 1. The predicted molar refractivity (Wildman–Crippen MR) is 123 cm³/mol. The molecule has 2 fully saturated rings. The molecular formula is C26H28F20O2. The van der Waals surface area contributed by atoms with Gasteiger partial charge in [-0.05, 0) is 56.3 Å². The van der Waals surface area contributed by atoms with Gasteiger partial charge < -0.3 is 4.74 Å². The normalized spacial score (nSPS) is 25.0. The molecule has 0 radical (unpaired) electrons. The lowest BCUT2D eigenvalue weighted by Crippen LogP contribution is -2.76. The van der Waals surface area contributed by atoms with E-state index in [-0.39, 0.29) is 24.7 Å². The van der Waals surface area contributed by atoms with Crippen molar-refractivity contribution in [3.8, 4) is 0 Å². The van der Waals surface area contributed by atoms with E-state index in [1.54, 1.807) is 0 Å². The van der Waals surface area contributed by atoms with Crippen LogP contribution in [0.1, 0.15) is 64.7 Å². The van der Waals surface area contributed by atoms with Gasteiger partial charge in [0, 0.05) is 0 Å². The Labute approximate surface area is 258 Å². The lowest BCUT2D eigenvalue weighted by atomic mass is 9.69. The fourth-order valence-corrected chi connectivity index (χ4v) is 5.83. The minimum Gasteiger partial charge on any atom is -0.459 e. The number of hydrogen-bond donors (Lipinski definition) is 0. The maximum atomic E-state index is 14.2. The zero-order valence-electron chi connectivity index (χ0n) is 24.3. The van der Waals surface area contributed by atoms with Gasteiger partial charge in [0.05, 0.1) is 5.92 Å². The molecule has 2 rings (SSSR count). The molecule has 2 aliphatic carbocycles. The van der Waals surface area contributed by atoms with Crippen LogP contribution in [0.5, 0.6) is 0 Å². The van der Waals surface area contributed by atoms with Gasteiger partial charge in [-0.2, -0.15) is 79.0 Å². The van der Waals surface area contributed by atoms with E-state index >= 15 is 0 Å². The molecule has 0 saturated heterocycles. The topological polar surface area (TPSA) is 26.3 Å². The number of rotatable bonds is 14. The molecule has 2 aliphatic rings. The maximum absolute atomic E-state index is 14.2. The van der Waals surface area contributed by atoms with E-state index in [1.807, 2.05) is 6.92 Å². The fourth-order valence-electron chi connectivity index (χ4n) is 5.83. The minimum absolute atomic E-state index is 0.0623. The Balaban J connectivity index is 2.24. The van der Waals surface area contributed by atoms with Gasteiger partial charge in [-0.3, -0.25) is 4.79 Å². The van der Waals surface area contributed by atoms with Crippen molar-refractivity contribution in [1.82, 2.24) is 0 Å². The smallest absolute Gasteiger partial charge is 0.385 e. The Bertz CT molecular complexity index is 1100. The highest BCUT2D eigenvalue weighted by atomic mass is 19.4. The quantitative estimate of drug-likeness (QED) is 0.131. The first-order valence-corrected chi connectivity index (χ1v) is 14.2. The molecule has 0 aromatic rings. The summed E-state index contributed by atoms with van der Waals surface area (Å²) in [5.74, 6) is -78.0. The van der Waals surface area contributed by atoms with Gasteiger partial charge in [0.15, 0.2) is 6.61 Å². The van der Waals surface area contributed by atoms with Gasteiger partial charge in [0.2, 0.25) is 0 Å². The van der Waals surface area contributed by atoms with Crippen LogP contribution in [-0.4, -0.2) is 72.3 Å². The Morgan fingerprint density at radius 1 is 0.542 bits per heavy atom. The molecule has 0 aromatic carbocycles. The fraction of sp³-hybridized carbons (Fsp3) is 0.962. The summed E-state index contributed by atoms with van der Waals surface area (Å²) < 4.78 is 275. The highest BCUT2D eigenvalue weighted by Gasteiger charge is 2.96. The van der Waals surface area contributed by atoms with E-state index in [1.165, 1.54) is 0 Å². The third-order valence-corrected chi connectivity index (χ3v) is 9.15. The third kappa shape index (κ3) is 6.51. The average Bonchev–Trinajstić information content (AvgIpc) is 2.99. The van der Waals surface area contributed by atoms with Crippen LogP contribution in [0.4, 0.5) is 87.8 Å². The second kappa shape index (κ2) is 13.3. The Morgan fingerprint density at radius 3 is 1.23 bits per heavy atom. The predicted octanol–water partition coefficient (Wildman–Crippen LogP) is 10.5. The van der Waals surface area contributed by atoms with Crippen LogP contribution in [0.2, 0.25) is 0 Å². The average molecular weight is 752 g/mol.